The van der Waals surface area contributed by atoms with E-state index in [-0.39, 0.29) is 5.56 Å². The molecule has 0 aliphatic heterocycles. The Kier molecular flexibility index (Phi) is 4.18. The van der Waals surface area contributed by atoms with E-state index in [0.29, 0.717) is 16.9 Å². The highest BCUT2D eigenvalue weighted by Crippen LogP contribution is 2.34. The van der Waals surface area contributed by atoms with Crippen LogP contribution >= 0.6 is 0 Å². The van der Waals surface area contributed by atoms with Crippen LogP contribution in [-0.2, 0) is 0 Å². The lowest BCUT2D eigenvalue weighted by atomic mass is 10.00. The molecule has 0 spiro atoms. The van der Waals surface area contributed by atoms with E-state index in [9.17, 15) is 17.6 Å². The first-order valence-electron chi connectivity index (χ1n) is 6.09. The molecule has 0 amide bonds. The van der Waals surface area contributed by atoms with Gasteiger partial charge in [0.15, 0.2) is 0 Å². The third-order valence-electron chi connectivity index (χ3n) is 3.09. The second-order valence-electron chi connectivity index (χ2n) is 4.49. The quantitative estimate of drug-likeness (QED) is 0.867. The molecule has 0 aliphatic rings. The average molecular weight is 299 g/mol. The van der Waals surface area contributed by atoms with E-state index in [4.69, 9.17) is 10.5 Å². The first kappa shape index (κ1) is 15.3. The van der Waals surface area contributed by atoms with Crippen molar-refractivity contribution in [2.24, 2.45) is 5.73 Å². The van der Waals surface area contributed by atoms with Crippen molar-refractivity contribution in [1.82, 2.24) is 0 Å². The number of hydrogen-bond donors (Lipinski definition) is 1. The molecule has 0 fully saturated rings. The van der Waals surface area contributed by atoms with Gasteiger partial charge in [-0.15, -0.1) is 0 Å². The molecule has 112 valence electrons. The maximum absolute atomic E-state index is 13.3. The second kappa shape index (κ2) is 5.73. The third kappa shape index (κ3) is 3.33. The SMILES string of the molecule is COc1ccc(F)cc1-c1ccc(C(N)C(F)(F)F)cc1. The van der Waals surface area contributed by atoms with Gasteiger partial charge in [0.2, 0.25) is 0 Å². The molecule has 0 radical (unpaired) electrons. The van der Waals surface area contributed by atoms with Gasteiger partial charge in [-0.3, -0.25) is 0 Å². The second-order valence-corrected chi connectivity index (χ2v) is 4.49. The zero-order valence-corrected chi connectivity index (χ0v) is 11.1. The predicted octanol–water partition coefficient (Wildman–Crippen LogP) is 4.06. The van der Waals surface area contributed by atoms with Crippen LogP contribution in [0, 0.1) is 5.82 Å². The molecular weight excluding hydrogens is 286 g/mol. The summed E-state index contributed by atoms with van der Waals surface area (Å²) in [7, 11) is 1.44. The molecule has 1 atom stereocenters. The molecule has 0 saturated carbocycles. The summed E-state index contributed by atoms with van der Waals surface area (Å²) in [5.74, 6) is -0.0221. The standard InChI is InChI=1S/C15H13F4NO/c1-21-13-7-6-11(16)8-12(13)9-2-4-10(5-3-9)14(20)15(17,18)19/h2-8,14H,20H2,1H3. The molecule has 2 N–H and O–H groups in total. The van der Waals surface area contributed by atoms with Crippen molar-refractivity contribution in [3.05, 3.63) is 53.8 Å². The maximum Gasteiger partial charge on any atom is 0.407 e. The predicted molar refractivity (Wildman–Crippen MR) is 71.4 cm³/mol. The molecule has 0 aromatic heterocycles. The molecule has 6 heteroatoms. The van der Waals surface area contributed by atoms with Gasteiger partial charge in [0.05, 0.1) is 7.11 Å². The Hall–Kier alpha value is -2.08. The van der Waals surface area contributed by atoms with Crippen molar-refractivity contribution in [2.75, 3.05) is 7.11 Å². The van der Waals surface area contributed by atoms with Gasteiger partial charge in [-0.2, -0.15) is 13.2 Å². The highest BCUT2D eigenvalue weighted by molar-refractivity contribution is 5.70. The van der Waals surface area contributed by atoms with Gasteiger partial charge in [-0.05, 0) is 29.3 Å². The van der Waals surface area contributed by atoms with E-state index in [2.05, 4.69) is 0 Å². The minimum Gasteiger partial charge on any atom is -0.496 e. The summed E-state index contributed by atoms with van der Waals surface area (Å²) in [6.07, 6.45) is -4.50. The van der Waals surface area contributed by atoms with Crippen LogP contribution in [0.2, 0.25) is 0 Å². The Morgan fingerprint density at radius 3 is 2.19 bits per heavy atom. The van der Waals surface area contributed by atoms with E-state index in [1.165, 1.54) is 49.6 Å². The van der Waals surface area contributed by atoms with Crippen molar-refractivity contribution in [3.8, 4) is 16.9 Å². The smallest absolute Gasteiger partial charge is 0.407 e. The highest BCUT2D eigenvalue weighted by Gasteiger charge is 2.37. The summed E-state index contributed by atoms with van der Waals surface area (Å²) in [6, 6.07) is 7.39. The summed E-state index contributed by atoms with van der Waals surface area (Å²) in [5, 5.41) is 0. The van der Waals surface area contributed by atoms with Gasteiger partial charge >= 0.3 is 6.18 Å². The average Bonchev–Trinajstić information content (AvgIpc) is 2.45. The number of hydrogen-bond acceptors (Lipinski definition) is 2. The molecular formula is C15H13F4NO. The van der Waals surface area contributed by atoms with Gasteiger partial charge in [-0.1, -0.05) is 24.3 Å². The molecule has 2 aromatic rings. The highest BCUT2D eigenvalue weighted by atomic mass is 19.4. The van der Waals surface area contributed by atoms with E-state index in [1.807, 2.05) is 0 Å². The lowest BCUT2D eigenvalue weighted by Gasteiger charge is -2.16. The lowest BCUT2D eigenvalue weighted by molar-refractivity contribution is -0.149. The number of benzene rings is 2. The van der Waals surface area contributed by atoms with Crippen molar-refractivity contribution in [2.45, 2.75) is 12.2 Å². The van der Waals surface area contributed by atoms with Gasteiger partial charge in [-0.25, -0.2) is 4.39 Å². The fraction of sp³-hybridized carbons (Fsp3) is 0.200. The Balaban J connectivity index is 2.38. The monoisotopic (exact) mass is 299 g/mol. The van der Waals surface area contributed by atoms with E-state index in [0.717, 1.165) is 0 Å². The maximum atomic E-state index is 13.3. The Bertz CT molecular complexity index is 623. The third-order valence-corrected chi connectivity index (χ3v) is 3.09. The van der Waals surface area contributed by atoms with Crippen LogP contribution in [0.3, 0.4) is 0 Å². The minimum atomic E-state index is -4.50. The first-order valence-corrected chi connectivity index (χ1v) is 6.09. The molecule has 2 nitrogen and oxygen atoms in total. The largest absolute Gasteiger partial charge is 0.496 e. The van der Waals surface area contributed by atoms with E-state index < -0.39 is 18.0 Å². The van der Waals surface area contributed by atoms with Crippen molar-refractivity contribution in [1.29, 1.82) is 0 Å². The molecule has 21 heavy (non-hydrogen) atoms. The summed E-state index contributed by atoms with van der Waals surface area (Å²) in [6.45, 7) is 0. The van der Waals surface area contributed by atoms with Crippen LogP contribution in [0.4, 0.5) is 17.6 Å². The Labute approximate surface area is 119 Å². The fourth-order valence-corrected chi connectivity index (χ4v) is 1.96. The van der Waals surface area contributed by atoms with Gasteiger partial charge in [0, 0.05) is 5.56 Å². The van der Waals surface area contributed by atoms with Crippen molar-refractivity contribution < 1.29 is 22.3 Å². The molecule has 2 aromatic carbocycles. The number of alkyl halides is 3. The Morgan fingerprint density at radius 2 is 1.67 bits per heavy atom. The fourth-order valence-electron chi connectivity index (χ4n) is 1.96. The number of ether oxygens (including phenoxy) is 1. The van der Waals surface area contributed by atoms with Crippen LogP contribution in [-0.4, -0.2) is 13.3 Å². The number of methoxy groups -OCH3 is 1. The zero-order chi connectivity index (χ0) is 15.6. The van der Waals surface area contributed by atoms with Crippen LogP contribution in [0.25, 0.3) is 11.1 Å². The topological polar surface area (TPSA) is 35.2 Å². The van der Waals surface area contributed by atoms with Gasteiger partial charge < -0.3 is 10.5 Å². The van der Waals surface area contributed by atoms with E-state index in [1.54, 1.807) is 0 Å². The van der Waals surface area contributed by atoms with E-state index >= 15 is 0 Å². The molecule has 0 heterocycles. The van der Waals surface area contributed by atoms with Crippen LogP contribution in [0.15, 0.2) is 42.5 Å². The van der Waals surface area contributed by atoms with Crippen LogP contribution < -0.4 is 10.5 Å². The van der Waals surface area contributed by atoms with Crippen molar-refractivity contribution in [3.63, 3.8) is 0 Å². The summed E-state index contributed by atoms with van der Waals surface area (Å²) < 4.78 is 56.0. The molecule has 1 unspecified atom stereocenters. The number of nitrogens with two attached hydrogens (primary N) is 1. The molecule has 2 rings (SSSR count). The first-order chi connectivity index (χ1) is 9.82. The lowest BCUT2D eigenvalue weighted by Crippen LogP contribution is -2.28. The molecule has 0 aliphatic carbocycles. The molecule has 0 bridgehead atoms. The normalized spacial score (nSPS) is 13.0. The Morgan fingerprint density at radius 1 is 1.05 bits per heavy atom. The van der Waals surface area contributed by atoms with Gasteiger partial charge in [0.25, 0.3) is 0 Å². The van der Waals surface area contributed by atoms with Crippen LogP contribution in [0.1, 0.15) is 11.6 Å². The number of halogens is 4. The minimum absolute atomic E-state index is 0.0541. The van der Waals surface area contributed by atoms with Crippen LogP contribution in [0.5, 0.6) is 5.75 Å². The van der Waals surface area contributed by atoms with Gasteiger partial charge in [0.1, 0.15) is 17.6 Å². The molecule has 0 saturated heterocycles. The summed E-state index contributed by atoms with van der Waals surface area (Å²) in [4.78, 5) is 0. The zero-order valence-electron chi connectivity index (χ0n) is 11.1. The number of rotatable bonds is 3. The summed E-state index contributed by atoms with van der Waals surface area (Å²) in [5.41, 5.74) is 6.09. The van der Waals surface area contributed by atoms with Crippen molar-refractivity contribution >= 4 is 0 Å². The summed E-state index contributed by atoms with van der Waals surface area (Å²) >= 11 is 0.